The molecule has 88 valence electrons. The highest BCUT2D eigenvalue weighted by Crippen LogP contribution is 2.21. The van der Waals surface area contributed by atoms with Gasteiger partial charge in [-0.05, 0) is 49.9 Å². The molecule has 0 aliphatic rings. The van der Waals surface area contributed by atoms with Gasteiger partial charge >= 0.3 is 0 Å². The fourth-order valence-electron chi connectivity index (χ4n) is 2.26. The Balaban J connectivity index is 2.46. The lowest BCUT2D eigenvalue weighted by Gasteiger charge is -2.12. The van der Waals surface area contributed by atoms with Crippen LogP contribution in [0.15, 0.2) is 36.7 Å². The second-order valence-electron chi connectivity index (χ2n) is 4.79. The number of pyridine rings is 1. The zero-order valence-electron chi connectivity index (χ0n) is 11.1. The molecule has 0 N–H and O–H groups in total. The molecule has 0 radical (unpaired) electrons. The Hall–Kier alpha value is -1.63. The standard InChI is InChI=1S/C16H20N/c1-12-10-13(2)15(4)16(14(12)3)11-17-8-6-5-7-9-17/h5-10H,11H2,1-4H3/q+1. The van der Waals surface area contributed by atoms with Crippen LogP contribution in [0.5, 0.6) is 0 Å². The van der Waals surface area contributed by atoms with Crippen LogP contribution in [0.25, 0.3) is 0 Å². The Morgan fingerprint density at radius 1 is 0.824 bits per heavy atom. The molecule has 0 saturated carbocycles. The first-order chi connectivity index (χ1) is 8.09. The van der Waals surface area contributed by atoms with E-state index in [4.69, 9.17) is 0 Å². The third-order valence-electron chi connectivity index (χ3n) is 3.64. The molecule has 1 heteroatoms. The summed E-state index contributed by atoms with van der Waals surface area (Å²) in [5, 5.41) is 0. The van der Waals surface area contributed by atoms with Gasteiger partial charge in [0.2, 0.25) is 0 Å². The molecule has 0 aliphatic carbocycles. The van der Waals surface area contributed by atoms with Crippen LogP contribution in [0.1, 0.15) is 27.8 Å². The van der Waals surface area contributed by atoms with Gasteiger partial charge in [0, 0.05) is 17.7 Å². The van der Waals surface area contributed by atoms with Crippen molar-refractivity contribution in [1.29, 1.82) is 0 Å². The summed E-state index contributed by atoms with van der Waals surface area (Å²) < 4.78 is 2.23. The van der Waals surface area contributed by atoms with E-state index in [0.717, 1.165) is 6.54 Å². The molecule has 1 heterocycles. The number of nitrogens with zero attached hydrogens (tertiary/aromatic N) is 1. The largest absolute Gasteiger partial charge is 0.201 e. The Bertz CT molecular complexity index is 501. The second kappa shape index (κ2) is 4.70. The van der Waals surface area contributed by atoms with E-state index in [2.05, 4.69) is 68.9 Å². The lowest BCUT2D eigenvalue weighted by Crippen LogP contribution is -2.33. The van der Waals surface area contributed by atoms with Gasteiger partial charge in [0.15, 0.2) is 18.9 Å². The normalized spacial score (nSPS) is 10.6. The topological polar surface area (TPSA) is 3.88 Å². The molecule has 2 aromatic rings. The van der Waals surface area contributed by atoms with Gasteiger partial charge in [0.25, 0.3) is 0 Å². The van der Waals surface area contributed by atoms with Crippen molar-refractivity contribution < 1.29 is 4.57 Å². The zero-order chi connectivity index (χ0) is 12.4. The van der Waals surface area contributed by atoms with Gasteiger partial charge in [-0.15, -0.1) is 0 Å². The van der Waals surface area contributed by atoms with Crippen LogP contribution in [0.4, 0.5) is 0 Å². The van der Waals surface area contributed by atoms with Crippen molar-refractivity contribution in [2.45, 2.75) is 34.2 Å². The summed E-state index contributed by atoms with van der Waals surface area (Å²) in [6.07, 6.45) is 4.24. The van der Waals surface area contributed by atoms with Crippen LogP contribution in [0.3, 0.4) is 0 Å². The van der Waals surface area contributed by atoms with E-state index in [-0.39, 0.29) is 0 Å². The molecule has 0 aliphatic heterocycles. The van der Waals surface area contributed by atoms with Crippen LogP contribution >= 0.6 is 0 Å². The first-order valence-corrected chi connectivity index (χ1v) is 6.10. The summed E-state index contributed by atoms with van der Waals surface area (Å²) in [4.78, 5) is 0. The molecule has 0 bridgehead atoms. The van der Waals surface area contributed by atoms with Gasteiger partial charge in [-0.1, -0.05) is 12.1 Å². The third-order valence-corrected chi connectivity index (χ3v) is 3.64. The molecule has 1 aromatic carbocycles. The van der Waals surface area contributed by atoms with Gasteiger partial charge in [-0.3, -0.25) is 0 Å². The summed E-state index contributed by atoms with van der Waals surface area (Å²) in [5.74, 6) is 0. The maximum atomic E-state index is 2.28. The smallest absolute Gasteiger partial charge is 0.174 e. The second-order valence-corrected chi connectivity index (χ2v) is 4.79. The molecule has 0 saturated heterocycles. The first-order valence-electron chi connectivity index (χ1n) is 6.10. The van der Waals surface area contributed by atoms with E-state index < -0.39 is 0 Å². The highest BCUT2D eigenvalue weighted by molar-refractivity contribution is 5.43. The van der Waals surface area contributed by atoms with Crippen LogP contribution in [0, 0.1) is 27.7 Å². The van der Waals surface area contributed by atoms with E-state index in [1.54, 1.807) is 0 Å². The molecule has 1 nitrogen and oxygen atoms in total. The molecule has 1 aromatic heterocycles. The summed E-state index contributed by atoms with van der Waals surface area (Å²) in [5.41, 5.74) is 7.08. The van der Waals surface area contributed by atoms with Crippen molar-refractivity contribution in [2.24, 2.45) is 0 Å². The molecule has 0 spiro atoms. The lowest BCUT2D eigenvalue weighted by molar-refractivity contribution is -0.688. The van der Waals surface area contributed by atoms with Gasteiger partial charge in [0.1, 0.15) is 0 Å². The van der Waals surface area contributed by atoms with Gasteiger partial charge in [0.05, 0.1) is 0 Å². The third kappa shape index (κ3) is 2.38. The van der Waals surface area contributed by atoms with Crippen LogP contribution < -0.4 is 4.57 Å². The predicted octanol–water partition coefficient (Wildman–Crippen LogP) is 3.26. The highest BCUT2D eigenvalue weighted by Gasteiger charge is 2.12. The Labute approximate surface area is 104 Å². The number of hydrogen-bond acceptors (Lipinski definition) is 0. The Morgan fingerprint density at radius 2 is 1.35 bits per heavy atom. The van der Waals surface area contributed by atoms with Gasteiger partial charge in [-0.25, -0.2) is 4.57 Å². The molecular formula is C16H20N+. The summed E-state index contributed by atoms with van der Waals surface area (Å²) in [6.45, 7) is 9.80. The van der Waals surface area contributed by atoms with E-state index in [1.165, 1.54) is 27.8 Å². The van der Waals surface area contributed by atoms with Crippen LogP contribution in [0.2, 0.25) is 0 Å². The number of benzene rings is 1. The maximum Gasteiger partial charge on any atom is 0.174 e. The molecule has 0 unspecified atom stereocenters. The van der Waals surface area contributed by atoms with Crippen molar-refractivity contribution >= 4 is 0 Å². The van der Waals surface area contributed by atoms with Crippen LogP contribution in [-0.4, -0.2) is 0 Å². The van der Waals surface area contributed by atoms with Crippen molar-refractivity contribution in [2.75, 3.05) is 0 Å². The quantitative estimate of drug-likeness (QED) is 0.692. The maximum absolute atomic E-state index is 2.28. The number of hydrogen-bond donors (Lipinski definition) is 0. The Morgan fingerprint density at radius 3 is 1.88 bits per heavy atom. The molecule has 0 atom stereocenters. The first kappa shape index (κ1) is 11.8. The van der Waals surface area contributed by atoms with Crippen molar-refractivity contribution in [3.05, 3.63) is 64.5 Å². The van der Waals surface area contributed by atoms with Gasteiger partial charge < -0.3 is 0 Å². The fourth-order valence-corrected chi connectivity index (χ4v) is 2.26. The number of aromatic nitrogens is 1. The van der Waals surface area contributed by atoms with Crippen molar-refractivity contribution in [3.8, 4) is 0 Å². The monoisotopic (exact) mass is 226 g/mol. The minimum absolute atomic E-state index is 0.959. The lowest BCUT2D eigenvalue weighted by atomic mass is 9.94. The average molecular weight is 226 g/mol. The number of aryl methyl sites for hydroxylation is 2. The molecule has 0 amide bonds. The van der Waals surface area contributed by atoms with Crippen molar-refractivity contribution in [3.63, 3.8) is 0 Å². The summed E-state index contributed by atoms with van der Waals surface area (Å²) in [6, 6.07) is 8.49. The van der Waals surface area contributed by atoms with Gasteiger partial charge in [-0.2, -0.15) is 0 Å². The summed E-state index contributed by atoms with van der Waals surface area (Å²) >= 11 is 0. The molecule has 0 fully saturated rings. The molecule has 17 heavy (non-hydrogen) atoms. The highest BCUT2D eigenvalue weighted by atomic mass is 14.9. The average Bonchev–Trinajstić information content (AvgIpc) is 2.33. The fraction of sp³-hybridized carbons (Fsp3) is 0.312. The Kier molecular flexibility index (Phi) is 3.28. The minimum Gasteiger partial charge on any atom is -0.201 e. The van der Waals surface area contributed by atoms with Crippen LogP contribution in [-0.2, 0) is 6.54 Å². The molecular weight excluding hydrogens is 206 g/mol. The predicted molar refractivity (Wildman–Crippen MR) is 71.1 cm³/mol. The van der Waals surface area contributed by atoms with Crippen molar-refractivity contribution in [1.82, 2.24) is 0 Å². The van der Waals surface area contributed by atoms with E-state index in [0.29, 0.717) is 0 Å². The minimum atomic E-state index is 0.959. The van der Waals surface area contributed by atoms with E-state index in [1.807, 2.05) is 0 Å². The SMILES string of the molecule is Cc1cc(C)c(C)c(C[n+]2ccccc2)c1C. The molecule has 2 rings (SSSR count). The summed E-state index contributed by atoms with van der Waals surface area (Å²) in [7, 11) is 0. The van der Waals surface area contributed by atoms with E-state index in [9.17, 15) is 0 Å². The number of rotatable bonds is 2. The zero-order valence-corrected chi connectivity index (χ0v) is 11.1. The van der Waals surface area contributed by atoms with E-state index >= 15 is 0 Å².